The third-order valence-corrected chi connectivity index (χ3v) is 1.32. The number of rotatable bonds is 4. The molecule has 3 N–H and O–H groups in total. The Hall–Kier alpha value is -1.36. The van der Waals surface area contributed by atoms with Crippen LogP contribution in [-0.2, 0) is 4.79 Å². The van der Waals surface area contributed by atoms with Crippen molar-refractivity contribution in [1.82, 2.24) is 5.16 Å². The van der Waals surface area contributed by atoms with Crippen molar-refractivity contribution in [3.8, 4) is 0 Å². The Bertz CT molecular complexity index is 233. The number of nitrogens with one attached hydrogen (secondary N) is 1. The molecule has 0 bridgehead atoms. The molecule has 0 aliphatic heterocycles. The van der Waals surface area contributed by atoms with Gasteiger partial charge in [0.05, 0.1) is 6.20 Å². The first-order valence-electron chi connectivity index (χ1n) is 3.72. The van der Waals surface area contributed by atoms with E-state index < -0.39 is 0 Å². The van der Waals surface area contributed by atoms with Crippen LogP contribution in [0.4, 0.5) is 5.69 Å². The van der Waals surface area contributed by atoms with E-state index in [4.69, 9.17) is 5.73 Å². The van der Waals surface area contributed by atoms with Gasteiger partial charge in [0.15, 0.2) is 0 Å². The maximum atomic E-state index is 11.0. The third-order valence-electron chi connectivity index (χ3n) is 1.32. The van der Waals surface area contributed by atoms with Crippen LogP contribution in [0, 0.1) is 0 Å². The van der Waals surface area contributed by atoms with Crippen LogP contribution in [0.2, 0.25) is 0 Å². The molecule has 66 valence electrons. The predicted octanol–water partition coefficient (Wildman–Crippen LogP) is 0.352. The minimum absolute atomic E-state index is 0.0661. The molecule has 1 heterocycles. The Morgan fingerprint density at radius 1 is 1.75 bits per heavy atom. The third kappa shape index (κ3) is 2.71. The second-order valence-corrected chi connectivity index (χ2v) is 2.35. The molecule has 0 saturated carbocycles. The molecule has 0 spiro atoms. The maximum Gasteiger partial charge on any atom is 0.224 e. The number of aromatic nitrogens is 1. The van der Waals surface area contributed by atoms with Crippen LogP contribution in [0.5, 0.6) is 0 Å². The second-order valence-electron chi connectivity index (χ2n) is 2.35. The second kappa shape index (κ2) is 4.50. The van der Waals surface area contributed by atoms with Crippen LogP contribution in [0.1, 0.15) is 12.8 Å². The number of anilines is 1. The van der Waals surface area contributed by atoms with Gasteiger partial charge in [-0.05, 0) is 13.0 Å². The number of hydrogen-bond acceptors (Lipinski definition) is 4. The van der Waals surface area contributed by atoms with E-state index in [1.54, 1.807) is 0 Å². The highest BCUT2D eigenvalue weighted by molar-refractivity contribution is 5.90. The maximum absolute atomic E-state index is 11.0. The summed E-state index contributed by atoms with van der Waals surface area (Å²) in [6, 6.07) is 0. The number of amides is 1. The van der Waals surface area contributed by atoms with Crippen molar-refractivity contribution < 1.29 is 9.32 Å². The smallest absolute Gasteiger partial charge is 0.224 e. The largest absolute Gasteiger partial charge is 0.363 e. The van der Waals surface area contributed by atoms with Gasteiger partial charge in [-0.2, -0.15) is 0 Å². The number of carbonyl (C=O) groups is 1. The molecular formula is C7H11N3O2. The molecule has 0 aliphatic carbocycles. The summed E-state index contributed by atoms with van der Waals surface area (Å²) in [5.41, 5.74) is 5.82. The topological polar surface area (TPSA) is 81.2 Å². The Morgan fingerprint density at radius 2 is 2.58 bits per heavy atom. The average molecular weight is 169 g/mol. The molecule has 0 radical (unpaired) electrons. The van der Waals surface area contributed by atoms with Crippen molar-refractivity contribution in [3.05, 3.63) is 12.5 Å². The Balaban J connectivity index is 2.27. The van der Waals surface area contributed by atoms with E-state index >= 15 is 0 Å². The standard InChI is InChI=1S/C7H11N3O2/c8-3-1-2-7(11)10-6-4-9-12-5-6/h4-5H,1-3,8H2,(H,10,11). The molecule has 0 saturated heterocycles. The summed E-state index contributed by atoms with van der Waals surface area (Å²) in [5, 5.41) is 6.05. The van der Waals surface area contributed by atoms with Crippen molar-refractivity contribution in [2.24, 2.45) is 5.73 Å². The zero-order chi connectivity index (χ0) is 8.81. The summed E-state index contributed by atoms with van der Waals surface area (Å²) in [5.74, 6) is -0.0661. The molecule has 0 aliphatic rings. The lowest BCUT2D eigenvalue weighted by molar-refractivity contribution is -0.116. The van der Waals surface area contributed by atoms with E-state index in [1.165, 1.54) is 12.5 Å². The van der Waals surface area contributed by atoms with Gasteiger partial charge in [0.25, 0.3) is 0 Å². The van der Waals surface area contributed by atoms with E-state index in [0.29, 0.717) is 25.1 Å². The first kappa shape index (κ1) is 8.73. The predicted molar refractivity (Wildman–Crippen MR) is 43.4 cm³/mol. The van der Waals surface area contributed by atoms with Crippen LogP contribution in [0.15, 0.2) is 17.0 Å². The van der Waals surface area contributed by atoms with Crippen LogP contribution >= 0.6 is 0 Å². The quantitative estimate of drug-likeness (QED) is 0.681. The summed E-state index contributed by atoms with van der Waals surface area (Å²) >= 11 is 0. The molecule has 1 aromatic heterocycles. The summed E-state index contributed by atoms with van der Waals surface area (Å²) < 4.78 is 4.53. The van der Waals surface area contributed by atoms with Crippen molar-refractivity contribution in [2.75, 3.05) is 11.9 Å². The molecule has 1 amide bonds. The van der Waals surface area contributed by atoms with Crippen molar-refractivity contribution in [1.29, 1.82) is 0 Å². The minimum atomic E-state index is -0.0661. The highest BCUT2D eigenvalue weighted by atomic mass is 16.5. The molecular weight excluding hydrogens is 158 g/mol. The van der Waals surface area contributed by atoms with Crippen LogP contribution in [0.3, 0.4) is 0 Å². The number of carbonyl (C=O) groups excluding carboxylic acids is 1. The van der Waals surface area contributed by atoms with Gasteiger partial charge in [-0.15, -0.1) is 0 Å². The molecule has 12 heavy (non-hydrogen) atoms. The molecule has 0 unspecified atom stereocenters. The van der Waals surface area contributed by atoms with Crippen LogP contribution in [-0.4, -0.2) is 17.6 Å². The van der Waals surface area contributed by atoms with Crippen molar-refractivity contribution in [3.63, 3.8) is 0 Å². The van der Waals surface area contributed by atoms with E-state index in [-0.39, 0.29) is 5.91 Å². The van der Waals surface area contributed by atoms with E-state index in [0.717, 1.165) is 0 Å². The highest BCUT2D eigenvalue weighted by Gasteiger charge is 2.01. The Kier molecular flexibility index (Phi) is 3.28. The molecule has 0 fully saturated rings. The fraction of sp³-hybridized carbons (Fsp3) is 0.429. The van der Waals surface area contributed by atoms with Gasteiger partial charge in [-0.3, -0.25) is 4.79 Å². The van der Waals surface area contributed by atoms with Crippen LogP contribution in [0.25, 0.3) is 0 Å². The summed E-state index contributed by atoms with van der Waals surface area (Å²) in [4.78, 5) is 11.0. The van der Waals surface area contributed by atoms with Crippen molar-refractivity contribution in [2.45, 2.75) is 12.8 Å². The molecule has 0 aromatic carbocycles. The first-order chi connectivity index (χ1) is 5.83. The Morgan fingerprint density at radius 3 is 3.17 bits per heavy atom. The van der Waals surface area contributed by atoms with Crippen molar-refractivity contribution >= 4 is 11.6 Å². The van der Waals surface area contributed by atoms with E-state index in [9.17, 15) is 4.79 Å². The van der Waals surface area contributed by atoms with E-state index in [2.05, 4.69) is 15.0 Å². The minimum Gasteiger partial charge on any atom is -0.363 e. The summed E-state index contributed by atoms with van der Waals surface area (Å²) in [6.07, 6.45) is 3.94. The molecule has 1 rings (SSSR count). The first-order valence-corrected chi connectivity index (χ1v) is 3.72. The van der Waals surface area contributed by atoms with Gasteiger partial charge < -0.3 is 15.6 Å². The lowest BCUT2D eigenvalue weighted by Crippen LogP contribution is -2.12. The van der Waals surface area contributed by atoms with E-state index in [1.807, 2.05) is 0 Å². The molecule has 1 aromatic rings. The monoisotopic (exact) mass is 169 g/mol. The number of nitrogens with two attached hydrogens (primary N) is 1. The zero-order valence-corrected chi connectivity index (χ0v) is 6.62. The normalized spacial score (nSPS) is 9.75. The van der Waals surface area contributed by atoms with Crippen LogP contribution < -0.4 is 11.1 Å². The molecule has 0 atom stereocenters. The fourth-order valence-electron chi connectivity index (χ4n) is 0.753. The lowest BCUT2D eigenvalue weighted by atomic mass is 10.3. The highest BCUT2D eigenvalue weighted by Crippen LogP contribution is 2.04. The number of hydrogen-bond donors (Lipinski definition) is 2. The summed E-state index contributed by atoms with van der Waals surface area (Å²) in [7, 11) is 0. The van der Waals surface area contributed by atoms with Gasteiger partial charge in [0.2, 0.25) is 5.91 Å². The molecule has 5 heteroatoms. The number of nitrogens with zero attached hydrogens (tertiary/aromatic N) is 1. The van der Waals surface area contributed by atoms with Gasteiger partial charge in [-0.1, -0.05) is 5.16 Å². The molecule has 5 nitrogen and oxygen atoms in total. The zero-order valence-electron chi connectivity index (χ0n) is 6.62. The van der Waals surface area contributed by atoms with Gasteiger partial charge >= 0.3 is 0 Å². The average Bonchev–Trinajstić information content (AvgIpc) is 2.53. The van der Waals surface area contributed by atoms with Gasteiger partial charge in [0, 0.05) is 6.42 Å². The summed E-state index contributed by atoms with van der Waals surface area (Å²) in [6.45, 7) is 0.525. The van der Waals surface area contributed by atoms with Gasteiger partial charge in [0.1, 0.15) is 12.0 Å². The lowest BCUT2D eigenvalue weighted by Gasteiger charge is -1.98. The fourth-order valence-corrected chi connectivity index (χ4v) is 0.753. The Labute approximate surface area is 69.9 Å². The van der Waals surface area contributed by atoms with Gasteiger partial charge in [-0.25, -0.2) is 0 Å². The SMILES string of the molecule is NCCCC(=O)Nc1cnoc1.